The summed E-state index contributed by atoms with van der Waals surface area (Å²) in [5.41, 5.74) is 1.41. The number of hydrogen-bond acceptors (Lipinski definition) is 7. The number of carbonyl (C=O) groups excluding carboxylic acids is 3. The molecule has 1 atom stereocenters. The number of benzene rings is 2. The lowest BCUT2D eigenvalue weighted by Gasteiger charge is -2.38. The van der Waals surface area contributed by atoms with Gasteiger partial charge >= 0.3 is 5.97 Å². The predicted octanol–water partition coefficient (Wildman–Crippen LogP) is 2.01. The fourth-order valence-corrected chi connectivity index (χ4v) is 3.89. The molecule has 2 aromatic carbocycles. The highest BCUT2D eigenvalue weighted by atomic mass is 19.1. The third kappa shape index (κ3) is 5.33. The van der Waals surface area contributed by atoms with E-state index in [1.54, 1.807) is 49.4 Å². The van der Waals surface area contributed by atoms with Crippen LogP contribution < -0.4 is 15.5 Å². The fourth-order valence-electron chi connectivity index (χ4n) is 3.89. The van der Waals surface area contributed by atoms with Gasteiger partial charge in [0.1, 0.15) is 11.9 Å². The number of piperazine rings is 1. The van der Waals surface area contributed by atoms with E-state index in [1.807, 2.05) is 9.80 Å². The first-order valence-electron chi connectivity index (χ1n) is 11.1. The molecule has 2 amide bonds. The molecule has 0 aliphatic carbocycles. The largest absolute Gasteiger partial charge is 0.462 e. The first kappa shape index (κ1) is 23.2. The minimum atomic E-state index is -0.877. The van der Waals surface area contributed by atoms with Crippen molar-refractivity contribution < 1.29 is 23.5 Å². The Morgan fingerprint density at radius 1 is 1.09 bits per heavy atom. The molecule has 1 saturated heterocycles. The van der Waals surface area contributed by atoms with Gasteiger partial charge in [-0.1, -0.05) is 12.1 Å². The van der Waals surface area contributed by atoms with Crippen LogP contribution in [0.1, 0.15) is 23.7 Å². The van der Waals surface area contributed by atoms with Gasteiger partial charge in [0.25, 0.3) is 0 Å². The molecule has 2 aromatic rings. The van der Waals surface area contributed by atoms with Crippen molar-refractivity contribution in [3.05, 3.63) is 59.9 Å². The minimum Gasteiger partial charge on any atom is -0.462 e. The van der Waals surface area contributed by atoms with E-state index in [0.29, 0.717) is 49.1 Å². The fraction of sp³-hybridized carbons (Fsp3) is 0.333. The second-order valence-corrected chi connectivity index (χ2v) is 7.93. The van der Waals surface area contributed by atoms with Gasteiger partial charge in [0.15, 0.2) is 0 Å². The normalized spacial score (nSPS) is 18.1. The lowest BCUT2D eigenvalue weighted by Crippen LogP contribution is -2.56. The van der Waals surface area contributed by atoms with Crippen molar-refractivity contribution in [2.75, 3.05) is 43.0 Å². The second kappa shape index (κ2) is 10.3. The Kier molecular flexibility index (Phi) is 7.05. The number of ether oxygens (including phenoxy) is 1. The van der Waals surface area contributed by atoms with Crippen LogP contribution in [0.15, 0.2) is 53.5 Å². The zero-order chi connectivity index (χ0) is 24.1. The maximum atomic E-state index is 14.1. The van der Waals surface area contributed by atoms with E-state index in [0.717, 1.165) is 0 Å². The molecule has 2 N–H and O–H groups in total. The monoisotopic (exact) mass is 467 g/mol. The number of hydrogen-bond donors (Lipinski definition) is 2. The molecule has 0 radical (unpaired) electrons. The Bertz CT molecular complexity index is 1100. The molecule has 0 bridgehead atoms. The number of guanidine groups is 1. The number of nitrogens with zero attached hydrogens (tertiary/aromatic N) is 3. The summed E-state index contributed by atoms with van der Waals surface area (Å²) >= 11 is 0. The van der Waals surface area contributed by atoms with Crippen LogP contribution in [-0.4, -0.2) is 67.5 Å². The summed E-state index contributed by atoms with van der Waals surface area (Å²) in [6, 6.07) is 12.1. The molecular weight excluding hydrogens is 441 g/mol. The van der Waals surface area contributed by atoms with E-state index in [-0.39, 0.29) is 24.8 Å². The van der Waals surface area contributed by atoms with Crippen molar-refractivity contribution in [1.82, 2.24) is 10.2 Å². The number of halogens is 1. The van der Waals surface area contributed by atoms with Crippen molar-refractivity contribution in [3.8, 4) is 0 Å². The van der Waals surface area contributed by atoms with Gasteiger partial charge in [-0.05, 0) is 43.3 Å². The second-order valence-electron chi connectivity index (χ2n) is 7.93. The van der Waals surface area contributed by atoms with Gasteiger partial charge in [-0.15, -0.1) is 0 Å². The molecule has 2 aliphatic heterocycles. The quantitative estimate of drug-likeness (QED) is 0.652. The maximum Gasteiger partial charge on any atom is 0.338 e. The first-order valence-corrected chi connectivity index (χ1v) is 11.1. The van der Waals surface area contributed by atoms with Crippen LogP contribution in [0.3, 0.4) is 0 Å². The number of esters is 1. The zero-order valence-electron chi connectivity index (χ0n) is 18.8. The zero-order valence-corrected chi connectivity index (χ0v) is 18.8. The highest BCUT2D eigenvalue weighted by Gasteiger charge is 2.31. The van der Waals surface area contributed by atoms with Gasteiger partial charge in [0.05, 0.1) is 24.3 Å². The predicted molar refractivity (Wildman–Crippen MR) is 125 cm³/mol. The van der Waals surface area contributed by atoms with E-state index < -0.39 is 17.9 Å². The van der Waals surface area contributed by atoms with Gasteiger partial charge < -0.3 is 19.9 Å². The van der Waals surface area contributed by atoms with Crippen molar-refractivity contribution in [2.45, 2.75) is 19.4 Å². The summed E-state index contributed by atoms with van der Waals surface area (Å²) in [5.74, 6) is -1.07. The Hall–Kier alpha value is -3.95. The van der Waals surface area contributed by atoms with E-state index in [2.05, 4.69) is 15.6 Å². The standard InChI is InChI=1S/C24H26FN5O4/c1-2-34-23(33)16-7-9-17(10-8-16)26-22(32)19-15-21(31)28-24(27-19)30-13-11-29(12-14-30)20-6-4-3-5-18(20)25/h3-10,19H,2,11-15H2,1H3,(H,26,32)(H,27,28,31). The molecule has 2 heterocycles. The van der Waals surface area contributed by atoms with Gasteiger partial charge in [-0.2, -0.15) is 0 Å². The molecule has 34 heavy (non-hydrogen) atoms. The lowest BCUT2D eigenvalue weighted by molar-refractivity contribution is -0.125. The van der Waals surface area contributed by atoms with Crippen molar-refractivity contribution in [2.24, 2.45) is 4.99 Å². The number of amides is 2. The van der Waals surface area contributed by atoms with E-state index in [4.69, 9.17) is 4.74 Å². The van der Waals surface area contributed by atoms with Crippen LogP contribution in [0.5, 0.6) is 0 Å². The SMILES string of the molecule is CCOC(=O)c1ccc(NC(=O)C2CC(=O)NC(N3CCN(c4ccccc4F)CC3)=N2)cc1. The summed E-state index contributed by atoms with van der Waals surface area (Å²) in [5, 5.41) is 5.49. The van der Waals surface area contributed by atoms with Crippen LogP contribution in [0.2, 0.25) is 0 Å². The van der Waals surface area contributed by atoms with Gasteiger partial charge in [-0.3, -0.25) is 14.9 Å². The molecule has 0 aromatic heterocycles. The Balaban J connectivity index is 1.38. The molecule has 1 fully saturated rings. The molecule has 10 heteroatoms. The van der Waals surface area contributed by atoms with Crippen LogP contribution in [0, 0.1) is 5.82 Å². The molecule has 4 rings (SSSR count). The Morgan fingerprint density at radius 3 is 2.44 bits per heavy atom. The summed E-state index contributed by atoms with van der Waals surface area (Å²) in [7, 11) is 0. The summed E-state index contributed by atoms with van der Waals surface area (Å²) in [4.78, 5) is 45.1. The number of para-hydroxylation sites is 1. The number of nitrogens with one attached hydrogen (secondary N) is 2. The van der Waals surface area contributed by atoms with Crippen molar-refractivity contribution in [1.29, 1.82) is 0 Å². The topological polar surface area (TPSA) is 103 Å². The average molecular weight is 468 g/mol. The Labute approximate surface area is 196 Å². The number of rotatable bonds is 5. The van der Waals surface area contributed by atoms with Crippen molar-refractivity contribution in [3.63, 3.8) is 0 Å². The third-order valence-corrected chi connectivity index (χ3v) is 5.65. The first-order chi connectivity index (χ1) is 16.4. The molecular formula is C24H26FN5O4. The molecule has 178 valence electrons. The van der Waals surface area contributed by atoms with Gasteiger partial charge in [0.2, 0.25) is 17.8 Å². The smallest absolute Gasteiger partial charge is 0.338 e. The molecule has 1 unspecified atom stereocenters. The van der Waals surface area contributed by atoms with E-state index >= 15 is 0 Å². The van der Waals surface area contributed by atoms with Crippen LogP contribution >= 0.6 is 0 Å². The average Bonchev–Trinajstić information content (AvgIpc) is 2.85. The number of aliphatic imine (C=N–C) groups is 1. The van der Waals surface area contributed by atoms with Crippen LogP contribution in [0.4, 0.5) is 15.8 Å². The van der Waals surface area contributed by atoms with Crippen LogP contribution in [0.25, 0.3) is 0 Å². The van der Waals surface area contributed by atoms with Crippen LogP contribution in [-0.2, 0) is 14.3 Å². The lowest BCUT2D eigenvalue weighted by atomic mass is 10.1. The summed E-state index contributed by atoms with van der Waals surface area (Å²) in [6.45, 7) is 4.16. The number of anilines is 2. The summed E-state index contributed by atoms with van der Waals surface area (Å²) < 4.78 is 19.0. The molecule has 0 spiro atoms. The maximum absolute atomic E-state index is 14.1. The van der Waals surface area contributed by atoms with Gasteiger partial charge in [0, 0.05) is 31.9 Å². The molecule has 2 aliphatic rings. The van der Waals surface area contributed by atoms with E-state index in [1.165, 1.54) is 6.07 Å². The highest BCUT2D eigenvalue weighted by molar-refractivity contribution is 6.06. The van der Waals surface area contributed by atoms with Crippen molar-refractivity contribution >= 4 is 35.1 Å². The number of carbonyl (C=O) groups is 3. The summed E-state index contributed by atoms with van der Waals surface area (Å²) in [6.07, 6.45) is -0.0641. The molecule has 0 saturated carbocycles. The Morgan fingerprint density at radius 2 is 1.76 bits per heavy atom. The highest BCUT2D eigenvalue weighted by Crippen LogP contribution is 2.21. The third-order valence-electron chi connectivity index (χ3n) is 5.65. The minimum absolute atomic E-state index is 0.0641. The van der Waals surface area contributed by atoms with E-state index in [9.17, 15) is 18.8 Å². The molecule has 9 nitrogen and oxygen atoms in total. The van der Waals surface area contributed by atoms with Gasteiger partial charge in [-0.25, -0.2) is 14.2 Å².